The number of halogens is 2. The predicted molar refractivity (Wildman–Crippen MR) is 458 cm³/mol. The van der Waals surface area contributed by atoms with E-state index >= 15 is 0 Å². The fourth-order valence-corrected chi connectivity index (χ4v) is 13.5. The van der Waals surface area contributed by atoms with Gasteiger partial charge < -0.3 is 65.3 Å². The Morgan fingerprint density at radius 1 is 0.429 bits per heavy atom. The van der Waals surface area contributed by atoms with Gasteiger partial charge in [0.2, 0.25) is 0 Å². The summed E-state index contributed by atoms with van der Waals surface area (Å²) in [4.78, 5) is 112. The van der Waals surface area contributed by atoms with Crippen LogP contribution in [0.1, 0.15) is 105 Å². The van der Waals surface area contributed by atoms with Crippen LogP contribution in [0.5, 0.6) is 17.2 Å². The topological polar surface area (TPSA) is 323 Å². The van der Waals surface area contributed by atoms with Gasteiger partial charge in [-0.15, -0.1) is 0 Å². The van der Waals surface area contributed by atoms with Crippen LogP contribution in [-0.2, 0) is 52.4 Å². The van der Waals surface area contributed by atoms with Gasteiger partial charge >= 0.3 is 0 Å². The highest BCUT2D eigenvalue weighted by Gasteiger charge is 2.31. The molecule has 0 unspecified atom stereocenters. The third-order valence-electron chi connectivity index (χ3n) is 19.4. The number of nitrogen functional groups attached to an aromatic ring is 1. The van der Waals surface area contributed by atoms with E-state index in [4.69, 9.17) is 21.3 Å². The maximum absolute atomic E-state index is 12.7. The average molecular weight is 1670 g/mol. The molecule has 5 amide bonds. The summed E-state index contributed by atoms with van der Waals surface area (Å²) in [7, 11) is 9.76. The highest BCUT2D eigenvalue weighted by atomic mass is 79.9. The lowest BCUT2D eigenvalue weighted by atomic mass is 10.1. The summed E-state index contributed by atoms with van der Waals surface area (Å²) in [6.45, 7) is 4.83. The number of hydrogen-bond acceptors (Lipinski definition) is 23. The second-order valence-electron chi connectivity index (χ2n) is 26.8. The summed E-state index contributed by atoms with van der Waals surface area (Å²) in [6, 6.07) is 61.5. The average Bonchev–Trinajstić information content (AvgIpc) is 1.65. The number of hydrogen-bond donors (Lipinski definition) is 4. The maximum Gasteiger partial charge on any atom is 0.254 e. The number of ether oxygens (including phenoxy) is 3. The number of benzene rings is 8. The smallest absolute Gasteiger partial charge is 0.254 e. The molecule has 0 saturated carbocycles. The molecule has 0 aliphatic carbocycles. The van der Waals surface area contributed by atoms with Gasteiger partial charge in [0.1, 0.15) is 78.0 Å². The van der Waals surface area contributed by atoms with E-state index in [-0.39, 0.29) is 37.0 Å². The van der Waals surface area contributed by atoms with Gasteiger partial charge in [-0.1, -0.05) is 59.8 Å². The number of amides is 5. The second kappa shape index (κ2) is 41.1. The van der Waals surface area contributed by atoms with Crippen molar-refractivity contribution in [1.29, 1.82) is 0 Å². The number of nitrogens with two attached hydrogens (primary N) is 1. The zero-order valence-corrected chi connectivity index (χ0v) is 67.0. The van der Waals surface area contributed by atoms with Crippen molar-refractivity contribution in [1.82, 2.24) is 75.2 Å². The van der Waals surface area contributed by atoms with E-state index in [2.05, 4.69) is 87.8 Å². The van der Waals surface area contributed by atoms with E-state index in [0.29, 0.717) is 58.2 Å². The Bertz CT molecular complexity index is 5510. The number of nitrogens with zero attached hydrogens (tertiary/aromatic N) is 16. The monoisotopic (exact) mass is 1660 g/mol. The van der Waals surface area contributed by atoms with Crippen LogP contribution in [-0.4, -0.2) is 144 Å². The SMILES string of the molecule is C.CN(c1ccc2c(c1)CNC2=O)c1ccncn1.CN(c1ccc2c(c1)CNC2=O)c1ccncn1.COc1ccc(CN2Cc3cc(Br)ccc3C2=O)cc1.COc1ccc(CN2Cc3cc(N(C)c4ccncn4)ccc3C2=O)cc1.COc1ccc(CN2Cc3cc(Nc4ccncn4)ccc3C2=O)cc1.Nc1ccncn1.[2H]CF. The maximum atomic E-state index is 12.7. The Kier molecular flexibility index (Phi) is 28.9. The number of nitrogens with one attached hydrogen (secondary N) is 3. The zero-order chi connectivity index (χ0) is 83.7. The number of anilines is 9. The van der Waals surface area contributed by atoms with Crippen molar-refractivity contribution in [3.63, 3.8) is 0 Å². The molecule has 0 saturated heterocycles. The van der Waals surface area contributed by atoms with E-state index < -0.39 is 7.15 Å². The largest absolute Gasteiger partial charge is 0.497 e. The van der Waals surface area contributed by atoms with E-state index in [1.54, 1.807) is 64.4 Å². The van der Waals surface area contributed by atoms with Gasteiger partial charge in [-0.05, 0) is 202 Å². The third-order valence-corrected chi connectivity index (χ3v) is 19.9. The molecule has 28 nitrogen and oxygen atoms in total. The summed E-state index contributed by atoms with van der Waals surface area (Å²) >= 11 is 3.44. The zero-order valence-electron chi connectivity index (χ0n) is 66.4. The van der Waals surface area contributed by atoms with Crippen LogP contribution in [0.4, 0.5) is 56.2 Å². The fourth-order valence-electron chi connectivity index (χ4n) is 13.1. The Hall–Kier alpha value is -14.7. The van der Waals surface area contributed by atoms with Crippen LogP contribution in [0.2, 0.25) is 0 Å². The molecule has 5 aromatic heterocycles. The summed E-state index contributed by atoms with van der Waals surface area (Å²) in [5.74, 6) is 6.36. The molecule has 5 aliphatic heterocycles. The van der Waals surface area contributed by atoms with Crippen molar-refractivity contribution in [2.45, 2.75) is 59.8 Å². The number of alkyl halides is 1. The van der Waals surface area contributed by atoms with Gasteiger partial charge in [0.05, 0.1) is 29.9 Å². The quantitative estimate of drug-likeness (QED) is 0.0658. The molecule has 18 rings (SSSR count). The van der Waals surface area contributed by atoms with E-state index in [9.17, 15) is 28.4 Å². The van der Waals surface area contributed by atoms with Crippen LogP contribution in [0.25, 0.3) is 0 Å². The number of fused-ring (bicyclic) bond motifs is 5. The highest BCUT2D eigenvalue weighted by molar-refractivity contribution is 9.10. The molecule has 0 radical (unpaired) electrons. The first kappa shape index (κ1) is 83.7. The molecule has 606 valence electrons. The van der Waals surface area contributed by atoms with Gasteiger partial charge in [0, 0.05) is 160 Å². The molecule has 119 heavy (non-hydrogen) atoms. The molecular formula is C89H88BrFN20O8. The molecule has 0 atom stereocenters. The Balaban J connectivity index is 0.000000143. The van der Waals surface area contributed by atoms with Crippen LogP contribution in [0.15, 0.2) is 261 Å². The molecular weight excluding hydrogens is 1580 g/mol. The lowest BCUT2D eigenvalue weighted by Gasteiger charge is -2.18. The Morgan fingerprint density at radius 3 is 1.11 bits per heavy atom. The number of methoxy groups -OCH3 is 3. The standard InChI is InChI=1S/C21H20N4O2.C20H18N4O2.C16H14BrNO2.2C13H12N4O.C4H5N3.CH3F.CH4/c1-24(20-9-10-22-14-23-20)17-5-8-19-16(11-17)13-25(21(19)26)12-15-3-6-18(27-2)7-4-15;1-26-17-5-2-14(3-6-17)11-24-12-15-10-16(4-7-18(15)20(24)25)23-19-8-9-21-13-22-19;1-20-14-5-2-11(3-6-14)9-18-10-12-8-13(17)4-7-15(12)16(18)19;2*1-17(12-4-5-14-8-16-12)10-2-3-11-9(6-10)7-15-13(11)18;5-4-1-2-6-3-7-4;1-2;/h3-11,14H,12-13H2,1-2H3;2-10,13H,11-12H2,1H3,(H,21,22,23);2-8H,9-10H2,1H3;2*2-6,8H,7H2,1H3,(H,15,18);1-3H,(H2,5,6,7);1H3;1H4/i;;;;;;1D;. The summed E-state index contributed by atoms with van der Waals surface area (Å²) in [5.41, 5.74) is 21.4. The Morgan fingerprint density at radius 2 is 0.765 bits per heavy atom. The molecule has 5 aliphatic rings. The van der Waals surface area contributed by atoms with Crippen molar-refractivity contribution >= 4 is 97.3 Å². The summed E-state index contributed by atoms with van der Waals surface area (Å²) < 4.78 is 32.0. The van der Waals surface area contributed by atoms with Crippen molar-refractivity contribution in [2.24, 2.45) is 0 Å². The number of carbonyl (C=O) groups is 5. The van der Waals surface area contributed by atoms with Gasteiger partial charge in [-0.3, -0.25) is 28.4 Å². The first-order chi connectivity index (χ1) is 57.9. The van der Waals surface area contributed by atoms with Gasteiger partial charge in [-0.2, -0.15) is 0 Å². The lowest BCUT2D eigenvalue weighted by molar-refractivity contribution is 0.0759. The molecule has 0 fully saturated rings. The van der Waals surface area contributed by atoms with Crippen LogP contribution < -0.4 is 50.6 Å². The number of aromatic nitrogens is 10. The summed E-state index contributed by atoms with van der Waals surface area (Å²) in [5, 5.41) is 8.85. The van der Waals surface area contributed by atoms with E-state index in [0.717, 1.165) is 140 Å². The summed E-state index contributed by atoms with van der Waals surface area (Å²) in [6.07, 6.45) is 15.9. The number of rotatable bonds is 17. The van der Waals surface area contributed by atoms with Gasteiger partial charge in [0.25, 0.3) is 29.5 Å². The lowest BCUT2D eigenvalue weighted by Crippen LogP contribution is -2.23. The van der Waals surface area contributed by atoms with Crippen molar-refractivity contribution < 1.29 is 43.9 Å². The Labute approximate surface area is 698 Å². The van der Waals surface area contributed by atoms with Gasteiger partial charge in [0.15, 0.2) is 0 Å². The van der Waals surface area contributed by atoms with Crippen molar-refractivity contribution in [2.75, 3.05) is 75.4 Å². The second-order valence-corrected chi connectivity index (χ2v) is 27.7. The first-order valence-corrected chi connectivity index (χ1v) is 37.7. The number of carbonyl (C=O) groups excluding carboxylic acids is 5. The van der Waals surface area contributed by atoms with Crippen LogP contribution in [0, 0.1) is 0 Å². The van der Waals surface area contributed by atoms with E-state index in [1.807, 2.05) is 226 Å². The molecule has 8 aromatic carbocycles. The predicted octanol–water partition coefficient (Wildman–Crippen LogP) is 14.7. The normalized spacial score (nSPS) is 12.6. The van der Waals surface area contributed by atoms with Gasteiger partial charge in [-0.25, -0.2) is 49.8 Å². The molecule has 0 spiro atoms. The van der Waals surface area contributed by atoms with Crippen molar-refractivity contribution in [3.05, 3.63) is 334 Å². The molecule has 30 heteroatoms. The molecule has 13 aromatic rings. The molecule has 10 heterocycles. The highest BCUT2D eigenvalue weighted by Crippen LogP contribution is 2.34. The van der Waals surface area contributed by atoms with Crippen LogP contribution in [0.3, 0.4) is 0 Å². The van der Waals surface area contributed by atoms with Crippen LogP contribution >= 0.6 is 15.9 Å². The van der Waals surface area contributed by atoms with E-state index in [1.165, 1.54) is 31.6 Å². The molecule has 5 N–H and O–H groups in total. The third kappa shape index (κ3) is 21.9. The molecule has 0 bridgehead atoms. The minimum Gasteiger partial charge on any atom is -0.497 e. The first-order valence-electron chi connectivity index (χ1n) is 37.6. The fraction of sp³-hybridized carbons (Fsp3) is 0.180. The van der Waals surface area contributed by atoms with Crippen molar-refractivity contribution in [3.8, 4) is 17.2 Å². The minimum atomic E-state index is -1.00. The minimum absolute atomic E-state index is 0.